The fourth-order valence-corrected chi connectivity index (χ4v) is 25.5. The molecule has 2 heterocycles. The van der Waals surface area contributed by atoms with E-state index in [0.29, 0.717) is 0 Å². The van der Waals surface area contributed by atoms with Crippen molar-refractivity contribution in [3.05, 3.63) is 315 Å². The summed E-state index contributed by atoms with van der Waals surface area (Å²) >= 11 is 0. The minimum absolute atomic E-state index is 1.20. The van der Waals surface area contributed by atoms with Gasteiger partial charge in [-0.2, -0.15) is 0 Å². The Morgan fingerprint density at radius 3 is 0.988 bits per heavy atom. The summed E-state index contributed by atoms with van der Waals surface area (Å²) in [5, 5.41) is 18.8. The molecular formula is C78H52Si2. The summed E-state index contributed by atoms with van der Waals surface area (Å²) in [5.74, 6) is 0. The summed E-state index contributed by atoms with van der Waals surface area (Å²) in [4.78, 5) is 0. The second-order valence-electron chi connectivity index (χ2n) is 21.7. The molecule has 0 nitrogen and oxygen atoms in total. The van der Waals surface area contributed by atoms with Gasteiger partial charge < -0.3 is 0 Å². The molecule has 14 aromatic carbocycles. The van der Waals surface area contributed by atoms with E-state index >= 15 is 0 Å². The van der Waals surface area contributed by atoms with Gasteiger partial charge in [0.25, 0.3) is 0 Å². The zero-order chi connectivity index (χ0) is 52.8. The quantitative estimate of drug-likeness (QED) is 0.105. The lowest BCUT2D eigenvalue weighted by atomic mass is 9.83. The van der Waals surface area contributed by atoms with Crippen molar-refractivity contribution < 1.29 is 0 Å². The highest BCUT2D eigenvalue weighted by Crippen LogP contribution is 2.47. The molecule has 14 aromatic rings. The van der Waals surface area contributed by atoms with Crippen molar-refractivity contribution in [1.82, 2.24) is 0 Å². The number of hydrogen-bond acceptors (Lipinski definition) is 0. The Hall–Kier alpha value is -9.71. The maximum Gasteiger partial charge on any atom is 0.181 e. The van der Waals surface area contributed by atoms with E-state index in [1.165, 1.54) is 141 Å². The third kappa shape index (κ3) is 6.67. The first-order valence-electron chi connectivity index (χ1n) is 28.0. The van der Waals surface area contributed by atoms with E-state index in [0.717, 1.165) is 0 Å². The first-order valence-corrected chi connectivity index (χ1v) is 32.0. The lowest BCUT2D eigenvalue weighted by Gasteiger charge is -2.33. The van der Waals surface area contributed by atoms with E-state index in [-0.39, 0.29) is 0 Å². The number of benzene rings is 14. The second kappa shape index (κ2) is 18.5. The van der Waals surface area contributed by atoms with Crippen molar-refractivity contribution in [2.75, 3.05) is 0 Å². The van der Waals surface area contributed by atoms with Crippen LogP contribution in [0.5, 0.6) is 0 Å². The monoisotopic (exact) mass is 1040 g/mol. The predicted octanol–water partition coefficient (Wildman–Crippen LogP) is 14.5. The Bertz CT molecular complexity index is 4420. The van der Waals surface area contributed by atoms with Gasteiger partial charge in [-0.3, -0.25) is 0 Å². The average molecular weight is 1050 g/mol. The normalized spacial score (nSPS) is 13.4. The van der Waals surface area contributed by atoms with Gasteiger partial charge in [0, 0.05) is 0 Å². The highest BCUT2D eigenvalue weighted by molar-refractivity contribution is 7.23. The van der Waals surface area contributed by atoms with E-state index in [1.807, 2.05) is 0 Å². The van der Waals surface area contributed by atoms with Crippen LogP contribution in [0.25, 0.3) is 99.1 Å². The molecule has 0 saturated heterocycles. The highest BCUT2D eigenvalue weighted by Gasteiger charge is 2.51. The molecule has 2 aliphatic heterocycles. The highest BCUT2D eigenvalue weighted by atomic mass is 28.3. The predicted molar refractivity (Wildman–Crippen MR) is 346 cm³/mol. The molecule has 0 radical (unpaired) electrons. The SMILES string of the molecule is c1ccc(-c2cc(-c3c4cccc(-c5cccc6c5[Si](c5ccccc5)(c5ccccc5)c5ccccc5-6)c4cc4c(-c5cccc6c5[Si](c5ccccc5)(c5ccccc5)c5ccccc5-6)cccc34)c3ccccc3c2)cc1. The largest absolute Gasteiger partial charge is 0.181 e. The molecule has 0 saturated carbocycles. The molecule has 2 heteroatoms. The summed E-state index contributed by atoms with van der Waals surface area (Å²) in [5.41, 5.74) is 15.3. The van der Waals surface area contributed by atoms with Crippen LogP contribution in [0.15, 0.2) is 315 Å². The number of rotatable bonds is 8. The molecular weight excluding hydrogens is 993 g/mol. The zero-order valence-corrected chi connectivity index (χ0v) is 46.0. The first kappa shape index (κ1) is 46.4. The van der Waals surface area contributed by atoms with Gasteiger partial charge in [-0.05, 0) is 159 Å². The summed E-state index contributed by atoms with van der Waals surface area (Å²) < 4.78 is 0. The van der Waals surface area contributed by atoms with Gasteiger partial charge in [0.1, 0.15) is 0 Å². The van der Waals surface area contributed by atoms with Gasteiger partial charge in [0.05, 0.1) is 0 Å². The van der Waals surface area contributed by atoms with E-state index in [4.69, 9.17) is 0 Å². The Morgan fingerprint density at radius 2 is 0.525 bits per heavy atom. The molecule has 0 atom stereocenters. The molecule has 0 N–H and O–H groups in total. The molecule has 16 rings (SSSR count). The van der Waals surface area contributed by atoms with Crippen molar-refractivity contribution in [1.29, 1.82) is 0 Å². The lowest BCUT2D eigenvalue weighted by molar-refractivity contribution is 1.63. The van der Waals surface area contributed by atoms with E-state index in [9.17, 15) is 0 Å². The molecule has 0 spiro atoms. The molecule has 0 aromatic heterocycles. The van der Waals surface area contributed by atoms with Crippen molar-refractivity contribution in [3.63, 3.8) is 0 Å². The lowest BCUT2D eigenvalue weighted by Crippen LogP contribution is -2.73. The van der Waals surface area contributed by atoms with Crippen LogP contribution in [0.1, 0.15) is 0 Å². The molecule has 0 amide bonds. The third-order valence-electron chi connectivity index (χ3n) is 17.8. The van der Waals surface area contributed by atoms with Crippen molar-refractivity contribution in [2.45, 2.75) is 0 Å². The van der Waals surface area contributed by atoms with Crippen LogP contribution in [0, 0.1) is 0 Å². The van der Waals surface area contributed by atoms with Gasteiger partial charge in [-0.15, -0.1) is 0 Å². The van der Waals surface area contributed by atoms with E-state index < -0.39 is 16.1 Å². The van der Waals surface area contributed by atoms with Crippen molar-refractivity contribution in [3.8, 4) is 66.8 Å². The molecule has 0 unspecified atom stereocenters. The summed E-state index contributed by atoms with van der Waals surface area (Å²) in [6.45, 7) is 0. The van der Waals surface area contributed by atoms with Gasteiger partial charge in [0.2, 0.25) is 0 Å². The second-order valence-corrected chi connectivity index (χ2v) is 29.1. The number of hydrogen-bond donors (Lipinski definition) is 0. The maximum atomic E-state index is 2.59. The fourth-order valence-electron chi connectivity index (χ4n) is 14.7. The average Bonchev–Trinajstić information content (AvgIpc) is 4.17. The molecule has 2 aliphatic rings. The van der Waals surface area contributed by atoms with E-state index in [1.54, 1.807) is 0 Å². The van der Waals surface area contributed by atoms with Gasteiger partial charge in [-0.25, -0.2) is 0 Å². The third-order valence-corrected chi connectivity index (χ3v) is 27.7. The molecule has 0 aliphatic carbocycles. The van der Waals surface area contributed by atoms with E-state index in [2.05, 4.69) is 315 Å². The van der Waals surface area contributed by atoms with Crippen LogP contribution >= 0.6 is 0 Å². The summed E-state index contributed by atoms with van der Waals surface area (Å²) in [6.07, 6.45) is 0. The Morgan fingerprint density at radius 1 is 0.188 bits per heavy atom. The van der Waals surface area contributed by atoms with Gasteiger partial charge >= 0.3 is 0 Å². The van der Waals surface area contributed by atoms with Crippen LogP contribution in [0.4, 0.5) is 0 Å². The first-order chi connectivity index (χ1) is 39.7. The number of fused-ring (bicyclic) bond motifs is 9. The standard InChI is InChI=1S/C78H52Si2/c1-6-26-53(27-7-1)55-50-54-28-16-17-37-60(54)73(51-55)76-65-42-22-40-61(67-44-24-46-69-63-38-18-20-48-74(63)79(77(67)69,56-29-8-2-9-30-56)57-31-10-3-11-32-57)71(65)52-72-62(41-23-43-66(72)76)68-45-25-47-70-64-39-19-21-49-75(64)80(78(68)70,58-33-12-4-13-34-58)59-35-14-5-15-36-59/h1-52H. The van der Waals surface area contributed by atoms with Gasteiger partial charge in [0.15, 0.2) is 16.1 Å². The molecule has 372 valence electrons. The van der Waals surface area contributed by atoms with Crippen molar-refractivity contribution in [2.24, 2.45) is 0 Å². The topological polar surface area (TPSA) is 0 Å². The Kier molecular flexibility index (Phi) is 10.7. The Balaban J connectivity index is 1.07. The maximum absolute atomic E-state index is 2.94. The minimum atomic E-state index is -2.94. The Labute approximate surface area is 469 Å². The molecule has 0 bridgehead atoms. The van der Waals surface area contributed by atoms with Crippen molar-refractivity contribution >= 4 is 90.0 Å². The smallest absolute Gasteiger partial charge is 0.0623 e. The fraction of sp³-hybridized carbons (Fsp3) is 0. The minimum Gasteiger partial charge on any atom is -0.0623 e. The summed E-state index contributed by atoms with van der Waals surface area (Å²) in [7, 11) is -5.87. The van der Waals surface area contributed by atoms with Crippen LogP contribution in [0.3, 0.4) is 0 Å². The molecule has 0 fully saturated rings. The van der Waals surface area contributed by atoms with Crippen LogP contribution in [0.2, 0.25) is 0 Å². The van der Waals surface area contributed by atoms with Crippen LogP contribution in [-0.4, -0.2) is 16.1 Å². The summed E-state index contributed by atoms with van der Waals surface area (Å²) in [6, 6.07) is 120. The van der Waals surface area contributed by atoms with Crippen LogP contribution in [-0.2, 0) is 0 Å². The van der Waals surface area contributed by atoms with Crippen LogP contribution < -0.4 is 41.5 Å². The zero-order valence-electron chi connectivity index (χ0n) is 44.0. The van der Waals surface area contributed by atoms with Gasteiger partial charge in [-0.1, -0.05) is 297 Å². The molecule has 80 heavy (non-hydrogen) atoms.